The third-order valence-electron chi connectivity index (χ3n) is 2.05. The molecule has 0 aromatic heterocycles. The normalized spacial score (nSPS) is 12.8. The molecule has 1 aromatic carbocycles. The first-order valence-electron chi connectivity index (χ1n) is 4.49. The molecule has 0 fully saturated rings. The molecule has 0 amide bonds. The van der Waals surface area contributed by atoms with Crippen LogP contribution in [0.5, 0.6) is 5.75 Å². The van der Waals surface area contributed by atoms with Gasteiger partial charge >= 0.3 is 6.18 Å². The van der Waals surface area contributed by atoms with Crippen LogP contribution in [0, 0.1) is 5.82 Å². The molecule has 17 heavy (non-hydrogen) atoms. The van der Waals surface area contributed by atoms with Gasteiger partial charge in [0, 0.05) is 17.7 Å². The second kappa shape index (κ2) is 6.07. The van der Waals surface area contributed by atoms with Crippen LogP contribution in [-0.4, -0.2) is 13.3 Å². The maximum atomic E-state index is 12.8. The summed E-state index contributed by atoms with van der Waals surface area (Å²) in [7, 11) is 1.25. The fourth-order valence-corrected chi connectivity index (χ4v) is 1.35. The van der Waals surface area contributed by atoms with Gasteiger partial charge in [-0.3, -0.25) is 0 Å². The quantitative estimate of drug-likeness (QED) is 0.859. The Bertz CT molecular complexity index is 370. The molecule has 2 nitrogen and oxygen atoms in total. The van der Waals surface area contributed by atoms with Crippen LogP contribution in [0.4, 0.5) is 17.6 Å². The minimum Gasteiger partial charge on any atom is -0.496 e. The topological polar surface area (TPSA) is 35.2 Å². The lowest BCUT2D eigenvalue weighted by Gasteiger charge is -2.17. The van der Waals surface area contributed by atoms with E-state index in [9.17, 15) is 17.6 Å². The zero-order valence-corrected chi connectivity index (χ0v) is 9.74. The molecule has 0 aliphatic rings. The van der Waals surface area contributed by atoms with Crippen molar-refractivity contribution in [1.29, 1.82) is 0 Å². The van der Waals surface area contributed by atoms with Crippen LogP contribution < -0.4 is 10.5 Å². The van der Waals surface area contributed by atoms with E-state index in [0.29, 0.717) is 0 Å². The van der Waals surface area contributed by atoms with E-state index in [1.807, 2.05) is 0 Å². The van der Waals surface area contributed by atoms with Crippen molar-refractivity contribution >= 4 is 12.4 Å². The molecule has 0 spiro atoms. The molecule has 0 saturated carbocycles. The highest BCUT2D eigenvalue weighted by molar-refractivity contribution is 5.85. The Morgan fingerprint density at radius 2 is 1.94 bits per heavy atom. The highest BCUT2D eigenvalue weighted by Gasteiger charge is 2.32. The molecule has 0 aliphatic heterocycles. The summed E-state index contributed by atoms with van der Waals surface area (Å²) in [6.45, 7) is 0. The van der Waals surface area contributed by atoms with Crippen molar-refractivity contribution in [3.63, 3.8) is 0 Å². The van der Waals surface area contributed by atoms with Crippen molar-refractivity contribution in [1.82, 2.24) is 0 Å². The summed E-state index contributed by atoms with van der Waals surface area (Å²) in [6, 6.07) is 2.00. The molecule has 98 valence electrons. The van der Waals surface area contributed by atoms with Gasteiger partial charge in [-0.2, -0.15) is 13.2 Å². The van der Waals surface area contributed by atoms with Crippen LogP contribution in [0.25, 0.3) is 0 Å². The molecule has 0 radical (unpaired) electrons. The molecule has 2 N–H and O–H groups in total. The average Bonchev–Trinajstić information content (AvgIpc) is 2.14. The Morgan fingerprint density at radius 1 is 1.35 bits per heavy atom. The molecule has 1 aromatic rings. The number of hydrogen-bond acceptors (Lipinski definition) is 2. The number of ether oxygens (including phenoxy) is 1. The molecule has 0 bridgehead atoms. The van der Waals surface area contributed by atoms with Crippen LogP contribution in [0.2, 0.25) is 0 Å². The Hall–Kier alpha value is -1.01. The first kappa shape index (κ1) is 16.0. The number of benzene rings is 1. The summed E-state index contributed by atoms with van der Waals surface area (Å²) in [5.41, 5.74) is 5.53. The number of nitrogens with two attached hydrogens (primary N) is 1. The summed E-state index contributed by atoms with van der Waals surface area (Å²) in [5.74, 6) is -0.559. The minimum atomic E-state index is -4.36. The molecule has 0 unspecified atom stereocenters. The molecule has 7 heteroatoms. The van der Waals surface area contributed by atoms with Gasteiger partial charge in [0.15, 0.2) is 0 Å². The highest BCUT2D eigenvalue weighted by Crippen LogP contribution is 2.32. The minimum absolute atomic E-state index is 0. The number of methoxy groups -OCH3 is 1. The Labute approximate surface area is 102 Å². The summed E-state index contributed by atoms with van der Waals surface area (Å²) in [5, 5.41) is 0. The number of alkyl halides is 3. The van der Waals surface area contributed by atoms with E-state index in [2.05, 4.69) is 0 Å². The van der Waals surface area contributed by atoms with Crippen LogP contribution in [0.3, 0.4) is 0 Å². The lowest BCUT2D eigenvalue weighted by atomic mass is 10.0. The number of hydrogen-bond donors (Lipinski definition) is 1. The van der Waals surface area contributed by atoms with Gasteiger partial charge in [-0.25, -0.2) is 4.39 Å². The number of halogens is 5. The average molecular weight is 274 g/mol. The van der Waals surface area contributed by atoms with Gasteiger partial charge in [-0.1, -0.05) is 6.07 Å². The van der Waals surface area contributed by atoms with Crippen LogP contribution >= 0.6 is 12.4 Å². The van der Waals surface area contributed by atoms with Crippen molar-refractivity contribution in [3.8, 4) is 5.75 Å². The van der Waals surface area contributed by atoms with Gasteiger partial charge in [-0.15, -0.1) is 12.4 Å². The van der Waals surface area contributed by atoms with E-state index in [1.165, 1.54) is 13.2 Å². The first-order chi connectivity index (χ1) is 7.33. The maximum absolute atomic E-state index is 12.8. The summed E-state index contributed by atoms with van der Waals surface area (Å²) in [6.07, 6.45) is -5.53. The summed E-state index contributed by atoms with van der Waals surface area (Å²) >= 11 is 0. The van der Waals surface area contributed by atoms with Crippen molar-refractivity contribution in [2.75, 3.05) is 7.11 Å². The van der Waals surface area contributed by atoms with E-state index < -0.39 is 24.5 Å². The smallest absolute Gasteiger partial charge is 0.390 e. The highest BCUT2D eigenvalue weighted by atomic mass is 35.5. The molecule has 0 aliphatic carbocycles. The summed E-state index contributed by atoms with van der Waals surface area (Å²) in [4.78, 5) is 0. The van der Waals surface area contributed by atoms with Crippen LogP contribution in [0.1, 0.15) is 18.0 Å². The zero-order chi connectivity index (χ0) is 12.3. The van der Waals surface area contributed by atoms with Gasteiger partial charge < -0.3 is 10.5 Å². The second-order valence-electron chi connectivity index (χ2n) is 3.31. The van der Waals surface area contributed by atoms with Crippen molar-refractivity contribution in [2.24, 2.45) is 5.73 Å². The van der Waals surface area contributed by atoms with Gasteiger partial charge in [0.25, 0.3) is 0 Å². The third-order valence-corrected chi connectivity index (χ3v) is 2.05. The predicted molar refractivity (Wildman–Crippen MR) is 57.8 cm³/mol. The Kier molecular flexibility index (Phi) is 5.71. The van der Waals surface area contributed by atoms with E-state index in [-0.39, 0.29) is 23.7 Å². The third kappa shape index (κ3) is 4.79. The first-order valence-corrected chi connectivity index (χ1v) is 4.49. The van der Waals surface area contributed by atoms with Gasteiger partial charge in [0.2, 0.25) is 0 Å². The fourth-order valence-electron chi connectivity index (χ4n) is 1.35. The monoisotopic (exact) mass is 273 g/mol. The van der Waals surface area contributed by atoms with Crippen molar-refractivity contribution in [2.45, 2.75) is 18.6 Å². The molecular weight excluding hydrogens is 262 g/mol. The summed E-state index contributed by atoms with van der Waals surface area (Å²) < 4.78 is 53.9. The zero-order valence-electron chi connectivity index (χ0n) is 8.92. The van der Waals surface area contributed by atoms with Crippen molar-refractivity contribution in [3.05, 3.63) is 29.6 Å². The molecule has 0 saturated heterocycles. The van der Waals surface area contributed by atoms with E-state index in [4.69, 9.17) is 10.5 Å². The molecule has 0 heterocycles. The van der Waals surface area contributed by atoms with E-state index in [1.54, 1.807) is 0 Å². The Morgan fingerprint density at radius 3 is 2.41 bits per heavy atom. The lowest BCUT2D eigenvalue weighted by molar-refractivity contribution is -0.138. The predicted octanol–water partition coefficient (Wildman–Crippen LogP) is 3.21. The largest absolute Gasteiger partial charge is 0.496 e. The van der Waals surface area contributed by atoms with E-state index in [0.717, 1.165) is 12.1 Å². The SMILES string of the molecule is COc1cc(F)ccc1[C@H](N)CC(F)(F)F.Cl. The molecule has 1 atom stereocenters. The second-order valence-corrected chi connectivity index (χ2v) is 3.31. The van der Waals surface area contributed by atoms with Gasteiger partial charge in [0.05, 0.1) is 13.5 Å². The van der Waals surface area contributed by atoms with Crippen LogP contribution in [0.15, 0.2) is 18.2 Å². The lowest BCUT2D eigenvalue weighted by Crippen LogP contribution is -2.20. The Balaban J connectivity index is 0.00000256. The number of rotatable bonds is 3. The molecular formula is C10H12ClF4NO. The standard InChI is InChI=1S/C10H11F4NO.ClH/c1-16-9-4-6(11)2-3-7(9)8(15)5-10(12,13)14;/h2-4,8H,5,15H2,1H3;1H/t8-;/m1./s1. The fraction of sp³-hybridized carbons (Fsp3) is 0.400. The van der Waals surface area contributed by atoms with Crippen molar-refractivity contribution < 1.29 is 22.3 Å². The molecule has 1 rings (SSSR count). The van der Waals surface area contributed by atoms with Gasteiger partial charge in [-0.05, 0) is 6.07 Å². The van der Waals surface area contributed by atoms with Crippen LogP contribution in [-0.2, 0) is 0 Å². The van der Waals surface area contributed by atoms with Gasteiger partial charge in [0.1, 0.15) is 11.6 Å². The maximum Gasteiger partial charge on any atom is 0.390 e. The van der Waals surface area contributed by atoms with E-state index >= 15 is 0 Å².